The highest BCUT2D eigenvalue weighted by Crippen LogP contribution is 2.33. The minimum atomic E-state index is -0.183. The number of halogens is 1. The summed E-state index contributed by atoms with van der Waals surface area (Å²) in [5, 5.41) is 3.25. The molecule has 5 heteroatoms. The number of carbonyl (C=O) groups is 1. The van der Waals surface area contributed by atoms with Crippen molar-refractivity contribution in [1.29, 1.82) is 0 Å². The standard InChI is InChI=1S/C10H18N2O2.ClH/c1-2-10(7-14-8-10)9(13)12-5-3-11-4-6-12;/h11H,2-8H2,1H3;1H. The second-order valence-electron chi connectivity index (χ2n) is 4.17. The van der Waals surface area contributed by atoms with Gasteiger partial charge in [-0.3, -0.25) is 4.79 Å². The van der Waals surface area contributed by atoms with E-state index >= 15 is 0 Å². The molecule has 15 heavy (non-hydrogen) atoms. The molecule has 0 unspecified atom stereocenters. The number of hydrogen-bond acceptors (Lipinski definition) is 3. The molecule has 2 fully saturated rings. The maximum atomic E-state index is 12.2. The Kier molecular flexibility index (Phi) is 4.37. The number of piperazine rings is 1. The van der Waals surface area contributed by atoms with Crippen molar-refractivity contribution in [3.05, 3.63) is 0 Å². The number of nitrogens with one attached hydrogen (secondary N) is 1. The molecule has 1 amide bonds. The van der Waals surface area contributed by atoms with Gasteiger partial charge >= 0.3 is 0 Å². The zero-order chi connectivity index (χ0) is 10.0. The highest BCUT2D eigenvalue weighted by Gasteiger charge is 2.46. The second kappa shape index (κ2) is 5.14. The third-order valence-corrected chi connectivity index (χ3v) is 3.29. The average molecular weight is 235 g/mol. The summed E-state index contributed by atoms with van der Waals surface area (Å²) in [6.07, 6.45) is 0.899. The molecular formula is C10H19ClN2O2. The predicted octanol–water partition coefficient (Wildman–Crippen LogP) is 0.267. The first-order valence-corrected chi connectivity index (χ1v) is 5.36. The van der Waals surface area contributed by atoms with E-state index in [1.165, 1.54) is 0 Å². The molecular weight excluding hydrogens is 216 g/mol. The van der Waals surface area contributed by atoms with E-state index < -0.39 is 0 Å². The van der Waals surface area contributed by atoms with Crippen LogP contribution in [0.4, 0.5) is 0 Å². The molecule has 0 spiro atoms. The predicted molar refractivity (Wildman–Crippen MR) is 60.2 cm³/mol. The van der Waals surface area contributed by atoms with Crippen LogP contribution >= 0.6 is 12.4 Å². The molecule has 2 rings (SSSR count). The molecule has 0 aromatic rings. The smallest absolute Gasteiger partial charge is 0.233 e. The van der Waals surface area contributed by atoms with Crippen molar-refractivity contribution in [2.75, 3.05) is 39.4 Å². The molecule has 4 nitrogen and oxygen atoms in total. The fourth-order valence-corrected chi connectivity index (χ4v) is 2.03. The quantitative estimate of drug-likeness (QED) is 0.746. The van der Waals surface area contributed by atoms with Crippen molar-refractivity contribution in [1.82, 2.24) is 10.2 Å². The SMILES string of the molecule is CCC1(C(=O)N2CCNCC2)COC1.Cl. The molecule has 0 aromatic heterocycles. The molecule has 88 valence electrons. The van der Waals surface area contributed by atoms with Gasteiger partial charge in [0, 0.05) is 26.2 Å². The minimum Gasteiger partial charge on any atom is -0.379 e. The normalized spacial score (nSPS) is 23.9. The van der Waals surface area contributed by atoms with E-state index in [-0.39, 0.29) is 17.8 Å². The molecule has 1 N–H and O–H groups in total. The lowest BCUT2D eigenvalue weighted by Crippen LogP contribution is -2.58. The molecule has 2 heterocycles. The largest absolute Gasteiger partial charge is 0.379 e. The number of amides is 1. The van der Waals surface area contributed by atoms with E-state index in [1.54, 1.807) is 0 Å². The van der Waals surface area contributed by atoms with E-state index in [1.807, 2.05) is 4.90 Å². The summed E-state index contributed by atoms with van der Waals surface area (Å²) in [7, 11) is 0. The number of nitrogens with zero attached hydrogens (tertiary/aromatic N) is 1. The molecule has 0 aromatic carbocycles. The maximum Gasteiger partial charge on any atom is 0.233 e. The lowest BCUT2D eigenvalue weighted by Gasteiger charge is -2.43. The Bertz CT molecular complexity index is 220. The van der Waals surface area contributed by atoms with E-state index in [2.05, 4.69) is 12.2 Å². The lowest BCUT2D eigenvalue weighted by molar-refractivity contribution is -0.173. The van der Waals surface area contributed by atoms with E-state index in [4.69, 9.17) is 4.74 Å². The first-order chi connectivity index (χ1) is 6.78. The summed E-state index contributed by atoms with van der Waals surface area (Å²) in [5.41, 5.74) is -0.183. The highest BCUT2D eigenvalue weighted by atomic mass is 35.5. The summed E-state index contributed by atoms with van der Waals surface area (Å²) < 4.78 is 5.18. The van der Waals surface area contributed by atoms with Crippen LogP contribution in [0, 0.1) is 5.41 Å². The monoisotopic (exact) mass is 234 g/mol. The average Bonchev–Trinajstić information content (AvgIpc) is 2.18. The first-order valence-electron chi connectivity index (χ1n) is 5.36. The fraction of sp³-hybridized carbons (Fsp3) is 0.900. The van der Waals surface area contributed by atoms with Crippen LogP contribution in [-0.4, -0.2) is 50.2 Å². The Hall–Kier alpha value is -0.320. The van der Waals surface area contributed by atoms with Gasteiger partial charge in [-0.15, -0.1) is 12.4 Å². The van der Waals surface area contributed by atoms with Crippen LogP contribution in [0.2, 0.25) is 0 Å². The Morgan fingerprint density at radius 3 is 2.40 bits per heavy atom. The molecule has 0 saturated carbocycles. The van der Waals surface area contributed by atoms with Crippen LogP contribution in [-0.2, 0) is 9.53 Å². The summed E-state index contributed by atoms with van der Waals surface area (Å²) in [6.45, 7) is 6.85. The van der Waals surface area contributed by atoms with Gasteiger partial charge in [0.25, 0.3) is 0 Å². The molecule has 0 bridgehead atoms. The first kappa shape index (κ1) is 12.7. The Morgan fingerprint density at radius 1 is 1.40 bits per heavy atom. The number of ether oxygens (including phenoxy) is 1. The van der Waals surface area contributed by atoms with Gasteiger partial charge in [0.15, 0.2) is 0 Å². The van der Waals surface area contributed by atoms with Crippen LogP contribution in [0.5, 0.6) is 0 Å². The van der Waals surface area contributed by atoms with Crippen molar-refractivity contribution in [2.45, 2.75) is 13.3 Å². The Labute approximate surface area is 96.7 Å². The molecule has 0 atom stereocenters. The summed E-state index contributed by atoms with van der Waals surface area (Å²) in [4.78, 5) is 14.1. The van der Waals surface area contributed by atoms with Gasteiger partial charge in [-0.25, -0.2) is 0 Å². The zero-order valence-corrected chi connectivity index (χ0v) is 9.94. The highest BCUT2D eigenvalue weighted by molar-refractivity contribution is 5.85. The van der Waals surface area contributed by atoms with Crippen molar-refractivity contribution < 1.29 is 9.53 Å². The van der Waals surface area contributed by atoms with Gasteiger partial charge in [0.1, 0.15) is 0 Å². The van der Waals surface area contributed by atoms with E-state index in [9.17, 15) is 4.79 Å². The lowest BCUT2D eigenvalue weighted by atomic mass is 9.81. The third-order valence-electron chi connectivity index (χ3n) is 3.29. The van der Waals surface area contributed by atoms with Crippen molar-refractivity contribution in [3.63, 3.8) is 0 Å². The second-order valence-corrected chi connectivity index (χ2v) is 4.17. The van der Waals surface area contributed by atoms with E-state index in [0.29, 0.717) is 19.1 Å². The molecule has 0 radical (unpaired) electrons. The maximum absolute atomic E-state index is 12.2. The van der Waals surface area contributed by atoms with Gasteiger partial charge in [0.05, 0.1) is 18.6 Å². The van der Waals surface area contributed by atoms with Crippen molar-refractivity contribution >= 4 is 18.3 Å². The molecule has 2 aliphatic heterocycles. The van der Waals surface area contributed by atoms with Crippen molar-refractivity contribution in [2.24, 2.45) is 5.41 Å². The Balaban J connectivity index is 0.00000112. The number of carbonyl (C=O) groups excluding carboxylic acids is 1. The summed E-state index contributed by atoms with van der Waals surface area (Å²) >= 11 is 0. The molecule has 2 aliphatic rings. The van der Waals surface area contributed by atoms with Crippen LogP contribution in [0.1, 0.15) is 13.3 Å². The summed E-state index contributed by atoms with van der Waals surface area (Å²) in [6, 6.07) is 0. The number of rotatable bonds is 2. The van der Waals surface area contributed by atoms with Crippen LogP contribution in [0.15, 0.2) is 0 Å². The van der Waals surface area contributed by atoms with Gasteiger partial charge in [-0.2, -0.15) is 0 Å². The fourth-order valence-electron chi connectivity index (χ4n) is 2.03. The van der Waals surface area contributed by atoms with E-state index in [0.717, 1.165) is 32.6 Å². The Morgan fingerprint density at radius 2 is 2.00 bits per heavy atom. The van der Waals surface area contributed by atoms with Crippen molar-refractivity contribution in [3.8, 4) is 0 Å². The molecule has 2 saturated heterocycles. The van der Waals surface area contributed by atoms with Gasteiger partial charge in [0.2, 0.25) is 5.91 Å². The van der Waals surface area contributed by atoms with Gasteiger partial charge < -0.3 is 15.0 Å². The zero-order valence-electron chi connectivity index (χ0n) is 9.12. The molecule has 0 aliphatic carbocycles. The topological polar surface area (TPSA) is 41.6 Å². The minimum absolute atomic E-state index is 0. The third kappa shape index (κ3) is 2.27. The summed E-state index contributed by atoms with van der Waals surface area (Å²) in [5.74, 6) is 0.299. The van der Waals surface area contributed by atoms with Crippen LogP contribution < -0.4 is 5.32 Å². The van der Waals surface area contributed by atoms with Gasteiger partial charge in [-0.1, -0.05) is 6.92 Å². The van der Waals surface area contributed by atoms with Crippen LogP contribution in [0.25, 0.3) is 0 Å². The van der Waals surface area contributed by atoms with Gasteiger partial charge in [-0.05, 0) is 6.42 Å². The number of hydrogen-bond donors (Lipinski definition) is 1. The van der Waals surface area contributed by atoms with Crippen LogP contribution in [0.3, 0.4) is 0 Å².